The summed E-state index contributed by atoms with van der Waals surface area (Å²) in [6.07, 6.45) is 0. The van der Waals surface area contributed by atoms with Crippen molar-refractivity contribution in [2.45, 2.75) is 13.1 Å². The summed E-state index contributed by atoms with van der Waals surface area (Å²) in [6.45, 7) is 1.36. The van der Waals surface area contributed by atoms with E-state index in [0.29, 0.717) is 53.1 Å². The number of fused-ring (bicyclic) bond motifs is 1. The second-order valence-electron chi connectivity index (χ2n) is 8.42. The van der Waals surface area contributed by atoms with Crippen LogP contribution in [-0.4, -0.2) is 37.1 Å². The molecule has 6 nitrogen and oxygen atoms in total. The maximum absolute atomic E-state index is 14.2. The van der Waals surface area contributed by atoms with E-state index < -0.39 is 0 Å². The molecule has 178 valence electrons. The van der Waals surface area contributed by atoms with Gasteiger partial charge in [0.05, 0.1) is 6.54 Å². The summed E-state index contributed by atoms with van der Waals surface area (Å²) < 4.78 is 29.3. The average Bonchev–Trinajstić information content (AvgIpc) is 3.56. The van der Waals surface area contributed by atoms with Crippen LogP contribution in [0.3, 0.4) is 0 Å². The van der Waals surface area contributed by atoms with Gasteiger partial charge >= 0.3 is 0 Å². The third-order valence-electron chi connectivity index (χ3n) is 6.19. The maximum atomic E-state index is 14.2. The van der Waals surface area contributed by atoms with Gasteiger partial charge in [0, 0.05) is 29.6 Å². The number of thiazole rings is 1. The van der Waals surface area contributed by atoms with Crippen molar-refractivity contribution < 1.29 is 13.6 Å². The summed E-state index contributed by atoms with van der Waals surface area (Å²) in [6, 6.07) is 20.1. The first-order chi connectivity index (χ1) is 17.6. The van der Waals surface area contributed by atoms with Gasteiger partial charge in [0.25, 0.3) is 5.91 Å². The maximum Gasteiger partial charge on any atom is 0.254 e. The number of carbonyl (C=O) groups excluding carboxylic acids is 1. The molecule has 0 fully saturated rings. The summed E-state index contributed by atoms with van der Waals surface area (Å²) in [5, 5.41) is 11.0. The van der Waals surface area contributed by atoms with Crippen molar-refractivity contribution in [2.24, 2.45) is 0 Å². The van der Waals surface area contributed by atoms with Crippen LogP contribution in [0.25, 0.3) is 33.2 Å². The minimum Gasteiger partial charge on any atom is -0.329 e. The zero-order chi connectivity index (χ0) is 24.6. The van der Waals surface area contributed by atoms with E-state index in [2.05, 4.69) is 15.2 Å². The Morgan fingerprint density at radius 1 is 0.861 bits per heavy atom. The second-order valence-corrected chi connectivity index (χ2v) is 9.28. The molecule has 0 bridgehead atoms. The summed E-state index contributed by atoms with van der Waals surface area (Å²) in [5.74, 6) is 0.591. The summed E-state index contributed by atoms with van der Waals surface area (Å²) in [4.78, 5) is 19.5. The van der Waals surface area contributed by atoms with Gasteiger partial charge in [0.2, 0.25) is 0 Å². The average molecular weight is 500 g/mol. The van der Waals surface area contributed by atoms with Crippen LogP contribution >= 0.6 is 11.3 Å². The van der Waals surface area contributed by atoms with Crippen molar-refractivity contribution in [3.8, 4) is 33.2 Å². The Morgan fingerprint density at radius 3 is 2.33 bits per heavy atom. The van der Waals surface area contributed by atoms with Gasteiger partial charge in [-0.25, -0.2) is 13.8 Å². The van der Waals surface area contributed by atoms with Crippen LogP contribution in [-0.2, 0) is 13.1 Å². The van der Waals surface area contributed by atoms with Crippen LogP contribution in [0, 0.1) is 11.6 Å². The Bertz CT molecular complexity index is 1560. The molecular formula is C27H19F2N5OS. The lowest BCUT2D eigenvalue weighted by Gasteiger charge is -2.27. The molecule has 0 N–H and O–H groups in total. The molecule has 0 unspecified atom stereocenters. The standard InChI is InChI=1S/C27H19F2N5OS/c28-20-11-9-18(10-12-20)17-5-7-19(8-6-17)27(35)33-13-14-34-24(15-33)31-32-25(34)23-16-36-26(30-23)21-3-1-2-4-22(21)29/h1-12,16H,13-15H2. The summed E-state index contributed by atoms with van der Waals surface area (Å²) in [5.41, 5.74) is 3.45. The van der Waals surface area contributed by atoms with E-state index in [1.165, 1.54) is 29.5 Å². The lowest BCUT2D eigenvalue weighted by Crippen LogP contribution is -2.38. The molecule has 9 heteroatoms. The molecule has 0 spiro atoms. The van der Waals surface area contributed by atoms with Gasteiger partial charge in [-0.3, -0.25) is 4.79 Å². The van der Waals surface area contributed by atoms with Gasteiger partial charge in [-0.05, 0) is 47.5 Å². The molecular weight excluding hydrogens is 480 g/mol. The monoisotopic (exact) mass is 499 g/mol. The molecule has 1 aliphatic heterocycles. The van der Waals surface area contributed by atoms with Crippen LogP contribution in [0.4, 0.5) is 8.78 Å². The smallest absolute Gasteiger partial charge is 0.254 e. The fourth-order valence-electron chi connectivity index (χ4n) is 4.29. The first kappa shape index (κ1) is 22.2. The molecule has 3 aromatic carbocycles. The second kappa shape index (κ2) is 9.09. The first-order valence-electron chi connectivity index (χ1n) is 11.3. The SMILES string of the molecule is O=C(c1ccc(-c2ccc(F)cc2)cc1)N1CCn2c(nnc2-c2csc(-c3ccccc3F)n2)C1. The molecule has 0 radical (unpaired) electrons. The number of amides is 1. The van der Waals surface area contributed by atoms with E-state index in [1.54, 1.807) is 47.4 Å². The topological polar surface area (TPSA) is 63.9 Å². The van der Waals surface area contributed by atoms with Crippen molar-refractivity contribution >= 4 is 17.2 Å². The van der Waals surface area contributed by atoms with E-state index in [-0.39, 0.29) is 17.5 Å². The molecule has 2 aromatic heterocycles. The minimum atomic E-state index is -0.318. The number of aromatic nitrogens is 4. The van der Waals surface area contributed by atoms with E-state index in [9.17, 15) is 13.6 Å². The zero-order valence-corrected chi connectivity index (χ0v) is 19.8. The van der Waals surface area contributed by atoms with Crippen molar-refractivity contribution in [3.63, 3.8) is 0 Å². The number of nitrogens with zero attached hydrogens (tertiary/aromatic N) is 5. The van der Waals surface area contributed by atoms with Gasteiger partial charge in [0.1, 0.15) is 22.3 Å². The number of rotatable bonds is 4. The molecule has 0 saturated heterocycles. The number of carbonyl (C=O) groups is 1. The normalized spacial score (nSPS) is 13.0. The van der Waals surface area contributed by atoms with Gasteiger partial charge in [-0.1, -0.05) is 36.4 Å². The van der Waals surface area contributed by atoms with Crippen molar-refractivity contribution in [2.75, 3.05) is 6.54 Å². The van der Waals surface area contributed by atoms with E-state index >= 15 is 0 Å². The van der Waals surface area contributed by atoms with Crippen LogP contribution in [0.1, 0.15) is 16.2 Å². The van der Waals surface area contributed by atoms with Crippen LogP contribution in [0.5, 0.6) is 0 Å². The first-order valence-corrected chi connectivity index (χ1v) is 12.2. The quantitative estimate of drug-likeness (QED) is 0.320. The van der Waals surface area contributed by atoms with E-state index in [0.717, 1.165) is 11.1 Å². The Labute approximate surface area is 209 Å². The Hall–Kier alpha value is -4.24. The predicted octanol–water partition coefficient (Wildman–Crippen LogP) is 5.67. The van der Waals surface area contributed by atoms with Gasteiger partial charge < -0.3 is 9.47 Å². The molecule has 0 atom stereocenters. The van der Waals surface area contributed by atoms with Gasteiger partial charge in [-0.2, -0.15) is 0 Å². The molecule has 36 heavy (non-hydrogen) atoms. The zero-order valence-electron chi connectivity index (χ0n) is 18.9. The molecule has 0 aliphatic carbocycles. The molecule has 6 rings (SSSR count). The highest BCUT2D eigenvalue weighted by atomic mass is 32.1. The van der Waals surface area contributed by atoms with Crippen LogP contribution in [0.2, 0.25) is 0 Å². The predicted molar refractivity (Wildman–Crippen MR) is 133 cm³/mol. The highest BCUT2D eigenvalue weighted by Crippen LogP contribution is 2.31. The molecule has 5 aromatic rings. The number of benzene rings is 3. The fourth-order valence-corrected chi connectivity index (χ4v) is 5.11. The highest BCUT2D eigenvalue weighted by Gasteiger charge is 2.26. The summed E-state index contributed by atoms with van der Waals surface area (Å²) >= 11 is 1.35. The number of hydrogen-bond acceptors (Lipinski definition) is 5. The molecule has 1 aliphatic rings. The summed E-state index contributed by atoms with van der Waals surface area (Å²) in [7, 11) is 0. The largest absolute Gasteiger partial charge is 0.329 e. The van der Waals surface area contributed by atoms with Crippen LogP contribution < -0.4 is 0 Å². The minimum absolute atomic E-state index is 0.0908. The number of halogens is 2. The molecule has 0 saturated carbocycles. The van der Waals surface area contributed by atoms with Gasteiger partial charge in [-0.15, -0.1) is 21.5 Å². The van der Waals surface area contributed by atoms with E-state index in [4.69, 9.17) is 0 Å². The lowest BCUT2D eigenvalue weighted by atomic mass is 10.0. The Balaban J connectivity index is 1.19. The van der Waals surface area contributed by atoms with Gasteiger partial charge in [0.15, 0.2) is 11.6 Å². The Morgan fingerprint density at radius 2 is 1.58 bits per heavy atom. The molecule has 1 amide bonds. The van der Waals surface area contributed by atoms with Crippen molar-refractivity contribution in [1.29, 1.82) is 0 Å². The van der Waals surface area contributed by atoms with Crippen molar-refractivity contribution in [3.05, 3.63) is 101 Å². The number of hydrogen-bond donors (Lipinski definition) is 0. The lowest BCUT2D eigenvalue weighted by molar-refractivity contribution is 0.0708. The van der Waals surface area contributed by atoms with Crippen LogP contribution in [0.15, 0.2) is 78.2 Å². The fraction of sp³-hybridized carbons (Fsp3) is 0.111. The van der Waals surface area contributed by atoms with Crippen molar-refractivity contribution in [1.82, 2.24) is 24.6 Å². The van der Waals surface area contributed by atoms with E-state index in [1.807, 2.05) is 22.1 Å². The third-order valence-corrected chi connectivity index (χ3v) is 7.06. The third kappa shape index (κ3) is 4.07. The molecule has 3 heterocycles. The Kier molecular flexibility index (Phi) is 5.61. The highest BCUT2D eigenvalue weighted by molar-refractivity contribution is 7.13.